The van der Waals surface area contributed by atoms with Gasteiger partial charge in [-0.25, -0.2) is 0 Å². The molecule has 3 aromatic carbocycles. The van der Waals surface area contributed by atoms with Crippen LogP contribution in [0.1, 0.15) is 28.1 Å². The third kappa shape index (κ3) is 4.98. The standard InChI is InChI=1S/C28H22Cl2N2O/c1-19-15-22(16-23(17-31)26-8-4-6-10-28(26)30)20(2)32(19)24-11-13-25(14-12-24)33-18-21-7-3-5-9-27(21)29/h3-16H,18H2,1-2H3. The molecule has 0 atom stereocenters. The number of nitrogens with zero attached hydrogens (tertiary/aromatic N) is 2. The third-order valence-electron chi connectivity index (χ3n) is 5.50. The molecule has 164 valence electrons. The lowest BCUT2D eigenvalue weighted by Crippen LogP contribution is -2.00. The molecule has 4 aromatic rings. The monoisotopic (exact) mass is 472 g/mol. The number of nitriles is 1. The smallest absolute Gasteiger partial charge is 0.119 e. The molecular weight excluding hydrogens is 451 g/mol. The molecule has 0 aliphatic rings. The van der Waals surface area contributed by atoms with Crippen molar-refractivity contribution >= 4 is 34.9 Å². The molecule has 1 heterocycles. The van der Waals surface area contributed by atoms with Crippen LogP contribution in [0.15, 0.2) is 78.9 Å². The van der Waals surface area contributed by atoms with Crippen molar-refractivity contribution in [2.75, 3.05) is 0 Å². The Morgan fingerprint density at radius 1 is 0.939 bits per heavy atom. The summed E-state index contributed by atoms with van der Waals surface area (Å²) in [5.41, 5.74) is 6.31. The van der Waals surface area contributed by atoms with Gasteiger partial charge in [0.15, 0.2) is 0 Å². The van der Waals surface area contributed by atoms with Gasteiger partial charge in [-0.15, -0.1) is 0 Å². The number of ether oxygens (including phenoxy) is 1. The predicted molar refractivity (Wildman–Crippen MR) is 136 cm³/mol. The maximum absolute atomic E-state index is 9.72. The number of rotatable bonds is 6. The lowest BCUT2D eigenvalue weighted by atomic mass is 10.0. The summed E-state index contributed by atoms with van der Waals surface area (Å²) in [5, 5.41) is 11.0. The van der Waals surface area contributed by atoms with Gasteiger partial charge < -0.3 is 9.30 Å². The highest BCUT2D eigenvalue weighted by Gasteiger charge is 2.12. The second-order valence-corrected chi connectivity index (χ2v) is 8.50. The minimum absolute atomic E-state index is 0.411. The summed E-state index contributed by atoms with van der Waals surface area (Å²) < 4.78 is 8.06. The molecule has 0 spiro atoms. The lowest BCUT2D eigenvalue weighted by Gasteiger charge is -2.12. The average Bonchev–Trinajstić information content (AvgIpc) is 3.10. The Bertz CT molecular complexity index is 1360. The molecule has 1 aromatic heterocycles. The van der Waals surface area contributed by atoms with Gasteiger partial charge in [0.25, 0.3) is 0 Å². The minimum atomic E-state index is 0.411. The van der Waals surface area contributed by atoms with Crippen molar-refractivity contribution in [3.8, 4) is 17.5 Å². The number of aryl methyl sites for hydroxylation is 1. The van der Waals surface area contributed by atoms with Crippen LogP contribution in [0.4, 0.5) is 0 Å². The van der Waals surface area contributed by atoms with Gasteiger partial charge in [0.2, 0.25) is 0 Å². The first kappa shape index (κ1) is 22.7. The van der Waals surface area contributed by atoms with Crippen LogP contribution in [0.3, 0.4) is 0 Å². The number of halogens is 2. The largest absolute Gasteiger partial charge is 0.489 e. The van der Waals surface area contributed by atoms with Crippen LogP contribution in [0.5, 0.6) is 5.75 Å². The van der Waals surface area contributed by atoms with Crippen molar-refractivity contribution in [1.29, 1.82) is 5.26 Å². The summed E-state index contributed by atoms with van der Waals surface area (Å²) in [4.78, 5) is 0. The van der Waals surface area contributed by atoms with E-state index in [0.29, 0.717) is 22.2 Å². The van der Waals surface area contributed by atoms with Gasteiger partial charge in [0.05, 0.1) is 11.6 Å². The zero-order valence-electron chi connectivity index (χ0n) is 18.3. The molecule has 5 heteroatoms. The molecule has 3 nitrogen and oxygen atoms in total. The zero-order chi connectivity index (χ0) is 23.4. The van der Waals surface area contributed by atoms with E-state index in [4.69, 9.17) is 27.9 Å². The van der Waals surface area contributed by atoms with Crippen LogP contribution in [0, 0.1) is 25.2 Å². The van der Waals surface area contributed by atoms with Gasteiger partial charge in [0, 0.05) is 38.2 Å². The van der Waals surface area contributed by atoms with Crippen molar-refractivity contribution in [3.05, 3.63) is 117 Å². The summed E-state index contributed by atoms with van der Waals surface area (Å²) in [5.74, 6) is 0.770. The second-order valence-electron chi connectivity index (χ2n) is 7.69. The molecule has 0 amide bonds. The van der Waals surface area contributed by atoms with Crippen LogP contribution in [0.25, 0.3) is 17.3 Å². The van der Waals surface area contributed by atoms with Crippen molar-refractivity contribution < 1.29 is 4.74 Å². The number of hydrogen-bond donors (Lipinski definition) is 0. The maximum atomic E-state index is 9.72. The molecule has 0 radical (unpaired) electrons. The molecule has 0 N–H and O–H groups in total. The van der Waals surface area contributed by atoms with Gasteiger partial charge >= 0.3 is 0 Å². The molecule has 0 aliphatic carbocycles. The van der Waals surface area contributed by atoms with E-state index < -0.39 is 0 Å². The van der Waals surface area contributed by atoms with Crippen LogP contribution < -0.4 is 4.74 Å². The Hall–Kier alpha value is -3.45. The van der Waals surface area contributed by atoms with Gasteiger partial charge in [-0.05, 0) is 68.0 Å². The predicted octanol–water partition coefficient (Wildman–Crippen LogP) is 8.04. The molecule has 0 bridgehead atoms. The number of allylic oxidation sites excluding steroid dienone is 1. The van der Waals surface area contributed by atoms with E-state index in [1.807, 2.05) is 86.7 Å². The Kier molecular flexibility index (Phi) is 6.89. The van der Waals surface area contributed by atoms with Crippen molar-refractivity contribution in [3.63, 3.8) is 0 Å². The molecule has 33 heavy (non-hydrogen) atoms. The fourth-order valence-electron chi connectivity index (χ4n) is 3.80. The summed E-state index contributed by atoms with van der Waals surface area (Å²) in [6.45, 7) is 4.50. The molecule has 0 saturated carbocycles. The summed E-state index contributed by atoms with van der Waals surface area (Å²) in [6, 6.07) is 27.3. The third-order valence-corrected chi connectivity index (χ3v) is 6.20. The highest BCUT2D eigenvalue weighted by molar-refractivity contribution is 6.32. The van der Waals surface area contributed by atoms with Gasteiger partial charge in [0.1, 0.15) is 12.4 Å². The fraction of sp³-hybridized carbons (Fsp3) is 0.107. The molecule has 4 rings (SSSR count). The number of benzene rings is 3. The van der Waals surface area contributed by atoms with E-state index in [2.05, 4.69) is 16.7 Å². The zero-order valence-corrected chi connectivity index (χ0v) is 19.9. The Labute approximate surface area is 204 Å². The van der Waals surface area contributed by atoms with Crippen LogP contribution in [0.2, 0.25) is 10.0 Å². The topological polar surface area (TPSA) is 38.0 Å². The van der Waals surface area contributed by atoms with Gasteiger partial charge in [-0.1, -0.05) is 59.6 Å². The van der Waals surface area contributed by atoms with Crippen molar-refractivity contribution in [2.45, 2.75) is 20.5 Å². The molecule has 0 unspecified atom stereocenters. The number of hydrogen-bond acceptors (Lipinski definition) is 2. The summed E-state index contributed by atoms with van der Waals surface area (Å²) in [7, 11) is 0. The lowest BCUT2D eigenvalue weighted by molar-refractivity contribution is 0.306. The van der Waals surface area contributed by atoms with Gasteiger partial charge in [-0.3, -0.25) is 0 Å². The maximum Gasteiger partial charge on any atom is 0.119 e. The fourth-order valence-corrected chi connectivity index (χ4v) is 4.23. The SMILES string of the molecule is Cc1cc(C=C(C#N)c2ccccc2Cl)c(C)n1-c1ccc(OCc2ccccc2Cl)cc1. The quantitative estimate of drug-likeness (QED) is 0.266. The van der Waals surface area contributed by atoms with Crippen LogP contribution in [-0.4, -0.2) is 4.57 Å². The second kappa shape index (κ2) is 10.0. The van der Waals surface area contributed by atoms with Crippen LogP contribution in [-0.2, 0) is 6.61 Å². The first-order chi connectivity index (χ1) is 16.0. The Morgan fingerprint density at radius 3 is 2.27 bits per heavy atom. The van der Waals surface area contributed by atoms with E-state index in [1.165, 1.54) is 0 Å². The molecular formula is C28H22Cl2N2O. The first-order valence-corrected chi connectivity index (χ1v) is 11.3. The van der Waals surface area contributed by atoms with E-state index >= 15 is 0 Å². The molecule has 0 aliphatic heterocycles. The van der Waals surface area contributed by atoms with Crippen LogP contribution >= 0.6 is 23.2 Å². The highest BCUT2D eigenvalue weighted by Crippen LogP contribution is 2.29. The molecule has 0 fully saturated rings. The summed E-state index contributed by atoms with van der Waals surface area (Å²) >= 11 is 12.5. The highest BCUT2D eigenvalue weighted by atomic mass is 35.5. The van der Waals surface area contributed by atoms with Crippen molar-refractivity contribution in [1.82, 2.24) is 4.57 Å². The average molecular weight is 473 g/mol. The van der Waals surface area contributed by atoms with E-state index in [1.54, 1.807) is 6.07 Å². The normalized spacial score (nSPS) is 11.3. The Morgan fingerprint density at radius 2 is 1.61 bits per heavy atom. The Balaban J connectivity index is 1.59. The molecule has 0 saturated heterocycles. The van der Waals surface area contributed by atoms with E-state index in [0.717, 1.165) is 39.5 Å². The minimum Gasteiger partial charge on any atom is -0.489 e. The van der Waals surface area contributed by atoms with E-state index in [9.17, 15) is 5.26 Å². The van der Waals surface area contributed by atoms with E-state index in [-0.39, 0.29) is 0 Å². The van der Waals surface area contributed by atoms with Gasteiger partial charge in [-0.2, -0.15) is 5.26 Å². The van der Waals surface area contributed by atoms with Crippen molar-refractivity contribution in [2.24, 2.45) is 0 Å². The number of aromatic nitrogens is 1. The summed E-state index contributed by atoms with van der Waals surface area (Å²) in [6.07, 6.45) is 1.89. The first-order valence-electron chi connectivity index (χ1n) is 10.5.